The molecule has 0 saturated heterocycles. The molecule has 2 rings (SSSR count). The van der Waals surface area contributed by atoms with Crippen LogP contribution in [0.5, 0.6) is 0 Å². The summed E-state index contributed by atoms with van der Waals surface area (Å²) in [5.41, 5.74) is 1.52. The fourth-order valence-corrected chi connectivity index (χ4v) is 1.67. The van der Waals surface area contributed by atoms with E-state index in [0.717, 1.165) is 10.2 Å². The quantitative estimate of drug-likeness (QED) is 0.805. The highest BCUT2D eigenvalue weighted by atomic mass is 79.9. The first kappa shape index (κ1) is 11.0. The monoisotopic (exact) mass is 275 g/mol. The van der Waals surface area contributed by atoms with Gasteiger partial charge < -0.3 is 0 Å². The minimum Gasteiger partial charge on any atom is -0.294 e. The second-order valence-electron chi connectivity index (χ2n) is 3.43. The molecule has 0 amide bonds. The Bertz CT molecular complexity index is 479. The Balaban J connectivity index is 2.12. The van der Waals surface area contributed by atoms with Gasteiger partial charge in [-0.2, -0.15) is 0 Å². The van der Waals surface area contributed by atoms with E-state index in [1.807, 2.05) is 42.5 Å². The van der Waals surface area contributed by atoms with E-state index in [1.54, 1.807) is 6.20 Å². The zero-order chi connectivity index (χ0) is 11.4. The van der Waals surface area contributed by atoms with Crippen LogP contribution in [-0.2, 0) is 6.42 Å². The summed E-state index contributed by atoms with van der Waals surface area (Å²) in [5.74, 6) is 0.0891. The zero-order valence-electron chi connectivity index (χ0n) is 8.56. The molecule has 16 heavy (non-hydrogen) atoms. The normalized spacial score (nSPS) is 10.1. The molecule has 0 bridgehead atoms. The van der Waals surface area contributed by atoms with Crippen LogP contribution in [0.15, 0.2) is 53.1 Å². The van der Waals surface area contributed by atoms with Crippen LogP contribution in [0.3, 0.4) is 0 Å². The van der Waals surface area contributed by atoms with Gasteiger partial charge in [-0.15, -0.1) is 0 Å². The molecule has 0 atom stereocenters. The van der Waals surface area contributed by atoms with Crippen LogP contribution in [0.25, 0.3) is 0 Å². The van der Waals surface area contributed by atoms with E-state index >= 15 is 0 Å². The number of rotatable bonds is 3. The summed E-state index contributed by atoms with van der Waals surface area (Å²) in [6.45, 7) is 0. The van der Waals surface area contributed by atoms with Crippen molar-refractivity contribution in [2.45, 2.75) is 6.42 Å². The molecule has 2 aromatic rings. The Kier molecular flexibility index (Phi) is 3.47. The van der Waals surface area contributed by atoms with Gasteiger partial charge in [0.25, 0.3) is 0 Å². The number of benzene rings is 1. The van der Waals surface area contributed by atoms with E-state index < -0.39 is 0 Å². The maximum atomic E-state index is 11.9. The largest absolute Gasteiger partial charge is 0.294 e. The maximum absolute atomic E-state index is 11.9. The molecule has 2 nitrogen and oxygen atoms in total. The molecule has 1 aromatic carbocycles. The fraction of sp³-hybridized carbons (Fsp3) is 0.0769. The first-order chi connectivity index (χ1) is 7.75. The van der Waals surface area contributed by atoms with E-state index in [2.05, 4.69) is 20.9 Å². The molecule has 0 aliphatic rings. The third-order valence-electron chi connectivity index (χ3n) is 2.23. The standard InChI is InChI=1S/C13H10BrNO/c14-11-6-4-10(5-7-11)13(16)9-12-3-1-2-8-15-12/h1-8H,9H2. The number of Topliss-reactive ketones (excluding diaryl/α,β-unsaturated/α-hetero) is 1. The summed E-state index contributed by atoms with van der Waals surface area (Å²) in [4.78, 5) is 16.0. The zero-order valence-corrected chi connectivity index (χ0v) is 10.1. The highest BCUT2D eigenvalue weighted by Crippen LogP contribution is 2.12. The van der Waals surface area contributed by atoms with Gasteiger partial charge in [-0.1, -0.05) is 34.1 Å². The Morgan fingerprint density at radius 2 is 1.88 bits per heavy atom. The third kappa shape index (κ3) is 2.76. The van der Waals surface area contributed by atoms with Gasteiger partial charge in [-0.25, -0.2) is 0 Å². The highest BCUT2D eigenvalue weighted by molar-refractivity contribution is 9.10. The Morgan fingerprint density at radius 3 is 2.50 bits per heavy atom. The maximum Gasteiger partial charge on any atom is 0.168 e. The predicted molar refractivity (Wildman–Crippen MR) is 66.4 cm³/mol. The lowest BCUT2D eigenvalue weighted by Crippen LogP contribution is -2.04. The Morgan fingerprint density at radius 1 is 1.12 bits per heavy atom. The van der Waals surface area contributed by atoms with Crippen LogP contribution in [-0.4, -0.2) is 10.8 Å². The van der Waals surface area contributed by atoms with Gasteiger partial charge >= 0.3 is 0 Å². The third-order valence-corrected chi connectivity index (χ3v) is 2.76. The predicted octanol–water partition coefficient (Wildman–Crippen LogP) is 3.27. The molecule has 0 aliphatic carbocycles. The first-order valence-corrected chi connectivity index (χ1v) is 5.74. The average molecular weight is 276 g/mol. The van der Waals surface area contributed by atoms with E-state index in [9.17, 15) is 4.79 Å². The van der Waals surface area contributed by atoms with E-state index in [0.29, 0.717) is 12.0 Å². The molecule has 1 heterocycles. The van der Waals surface area contributed by atoms with Crippen LogP contribution >= 0.6 is 15.9 Å². The van der Waals surface area contributed by atoms with Crippen LogP contribution in [0.4, 0.5) is 0 Å². The van der Waals surface area contributed by atoms with Crippen molar-refractivity contribution >= 4 is 21.7 Å². The minimum absolute atomic E-state index is 0.0891. The van der Waals surface area contributed by atoms with Gasteiger partial charge in [0.15, 0.2) is 5.78 Å². The lowest BCUT2D eigenvalue weighted by molar-refractivity contribution is 0.0992. The van der Waals surface area contributed by atoms with Crippen LogP contribution < -0.4 is 0 Å². The van der Waals surface area contributed by atoms with E-state index in [4.69, 9.17) is 0 Å². The number of carbonyl (C=O) groups excluding carboxylic acids is 1. The molecule has 3 heteroatoms. The van der Waals surface area contributed by atoms with Gasteiger partial charge in [-0.05, 0) is 24.3 Å². The van der Waals surface area contributed by atoms with Crippen molar-refractivity contribution in [1.82, 2.24) is 4.98 Å². The van der Waals surface area contributed by atoms with Crippen LogP contribution in [0, 0.1) is 0 Å². The Labute approximate surface area is 102 Å². The van der Waals surface area contributed by atoms with Gasteiger partial charge in [0.1, 0.15) is 0 Å². The fourth-order valence-electron chi connectivity index (χ4n) is 1.41. The number of hydrogen-bond acceptors (Lipinski definition) is 2. The molecule has 0 fully saturated rings. The molecule has 0 N–H and O–H groups in total. The second-order valence-corrected chi connectivity index (χ2v) is 4.34. The highest BCUT2D eigenvalue weighted by Gasteiger charge is 2.06. The smallest absolute Gasteiger partial charge is 0.168 e. The van der Waals surface area contributed by atoms with Crippen molar-refractivity contribution < 1.29 is 4.79 Å². The SMILES string of the molecule is O=C(Cc1ccccn1)c1ccc(Br)cc1. The number of carbonyl (C=O) groups is 1. The van der Waals surface area contributed by atoms with Gasteiger partial charge in [0, 0.05) is 21.9 Å². The van der Waals surface area contributed by atoms with Crippen molar-refractivity contribution in [3.05, 3.63) is 64.4 Å². The number of nitrogens with zero attached hydrogens (tertiary/aromatic N) is 1. The molecule has 0 saturated carbocycles. The molecule has 0 spiro atoms. The number of pyridine rings is 1. The topological polar surface area (TPSA) is 30.0 Å². The lowest BCUT2D eigenvalue weighted by Gasteiger charge is -2.00. The summed E-state index contributed by atoms with van der Waals surface area (Å²) in [6.07, 6.45) is 2.05. The van der Waals surface area contributed by atoms with Crippen molar-refractivity contribution in [1.29, 1.82) is 0 Å². The average Bonchev–Trinajstić information content (AvgIpc) is 2.31. The van der Waals surface area contributed by atoms with E-state index in [-0.39, 0.29) is 5.78 Å². The summed E-state index contributed by atoms with van der Waals surface area (Å²) in [5, 5.41) is 0. The Hall–Kier alpha value is -1.48. The van der Waals surface area contributed by atoms with Gasteiger partial charge in [0.05, 0.1) is 6.42 Å². The molecule has 0 radical (unpaired) electrons. The van der Waals surface area contributed by atoms with Crippen molar-refractivity contribution in [2.24, 2.45) is 0 Å². The van der Waals surface area contributed by atoms with E-state index in [1.165, 1.54) is 0 Å². The molecule has 1 aromatic heterocycles. The summed E-state index contributed by atoms with van der Waals surface area (Å²) in [6, 6.07) is 12.9. The van der Waals surface area contributed by atoms with Gasteiger partial charge in [-0.3, -0.25) is 9.78 Å². The summed E-state index contributed by atoms with van der Waals surface area (Å²) in [7, 11) is 0. The number of ketones is 1. The lowest BCUT2D eigenvalue weighted by atomic mass is 10.1. The molecular formula is C13H10BrNO. The van der Waals surface area contributed by atoms with Gasteiger partial charge in [0.2, 0.25) is 0 Å². The second kappa shape index (κ2) is 5.03. The molecular weight excluding hydrogens is 266 g/mol. The van der Waals surface area contributed by atoms with Crippen LogP contribution in [0.2, 0.25) is 0 Å². The van der Waals surface area contributed by atoms with Crippen LogP contribution in [0.1, 0.15) is 16.1 Å². The molecule has 0 aliphatic heterocycles. The van der Waals surface area contributed by atoms with Crippen molar-refractivity contribution in [3.63, 3.8) is 0 Å². The minimum atomic E-state index is 0.0891. The number of halogens is 1. The summed E-state index contributed by atoms with van der Waals surface area (Å²) < 4.78 is 0.974. The number of hydrogen-bond donors (Lipinski definition) is 0. The van der Waals surface area contributed by atoms with Crippen molar-refractivity contribution in [3.8, 4) is 0 Å². The first-order valence-electron chi connectivity index (χ1n) is 4.94. The molecule has 0 unspecified atom stereocenters. The number of aromatic nitrogens is 1. The van der Waals surface area contributed by atoms with Crippen molar-refractivity contribution in [2.75, 3.05) is 0 Å². The summed E-state index contributed by atoms with van der Waals surface area (Å²) >= 11 is 3.34. The molecule has 80 valence electrons.